The molecule has 1 heterocycles. The zero-order chi connectivity index (χ0) is 23.8. The van der Waals surface area contributed by atoms with E-state index in [1.54, 1.807) is 24.3 Å². The van der Waals surface area contributed by atoms with Crippen LogP contribution in [-0.4, -0.2) is 51.3 Å². The van der Waals surface area contributed by atoms with Gasteiger partial charge in [0.05, 0.1) is 7.11 Å². The summed E-state index contributed by atoms with van der Waals surface area (Å²) in [5.74, 6) is -0.0979. The SMILES string of the molecule is COc1cc(C(=O)NCC2(c3cccc(F)c3)CCOCC2)ccc1OCC(=O)NC(C)C. The van der Waals surface area contributed by atoms with Gasteiger partial charge in [-0.1, -0.05) is 12.1 Å². The quantitative estimate of drug-likeness (QED) is 0.603. The van der Waals surface area contributed by atoms with Crippen molar-refractivity contribution >= 4 is 11.8 Å². The van der Waals surface area contributed by atoms with Crippen LogP contribution in [0.1, 0.15) is 42.6 Å². The van der Waals surface area contributed by atoms with Gasteiger partial charge in [-0.25, -0.2) is 4.39 Å². The van der Waals surface area contributed by atoms with E-state index in [1.165, 1.54) is 19.2 Å². The van der Waals surface area contributed by atoms with E-state index in [9.17, 15) is 14.0 Å². The molecule has 2 N–H and O–H groups in total. The third-order valence-electron chi connectivity index (χ3n) is 5.71. The molecular weight excluding hydrogens is 427 g/mol. The molecule has 0 aliphatic carbocycles. The smallest absolute Gasteiger partial charge is 0.258 e. The molecule has 3 rings (SSSR count). The number of halogens is 1. The van der Waals surface area contributed by atoms with Crippen LogP contribution >= 0.6 is 0 Å². The Hall–Kier alpha value is -3.13. The number of nitrogens with one attached hydrogen (secondary N) is 2. The van der Waals surface area contributed by atoms with Crippen molar-refractivity contribution in [1.29, 1.82) is 0 Å². The Morgan fingerprint density at radius 1 is 1.12 bits per heavy atom. The van der Waals surface area contributed by atoms with Crippen LogP contribution in [-0.2, 0) is 14.9 Å². The predicted octanol–water partition coefficient (Wildman–Crippen LogP) is 3.22. The summed E-state index contributed by atoms with van der Waals surface area (Å²) < 4.78 is 30.3. The van der Waals surface area contributed by atoms with Crippen molar-refractivity contribution in [1.82, 2.24) is 10.6 Å². The lowest BCUT2D eigenvalue weighted by molar-refractivity contribution is -0.123. The second-order valence-corrected chi connectivity index (χ2v) is 8.46. The minimum absolute atomic E-state index is 0.0143. The standard InChI is InChI=1S/C25H31FN2O5/c1-17(2)28-23(29)15-33-21-8-7-18(13-22(21)31-3)24(30)27-16-25(9-11-32-12-10-25)19-5-4-6-20(26)14-19/h4-8,13-14,17H,9-12,15-16H2,1-3H3,(H,27,30)(H,28,29). The number of amides is 2. The van der Waals surface area contributed by atoms with Gasteiger partial charge in [0, 0.05) is 36.8 Å². The lowest BCUT2D eigenvalue weighted by Crippen LogP contribution is -2.44. The van der Waals surface area contributed by atoms with Crippen molar-refractivity contribution in [3.63, 3.8) is 0 Å². The summed E-state index contributed by atoms with van der Waals surface area (Å²) in [5.41, 5.74) is 0.854. The van der Waals surface area contributed by atoms with Crippen molar-refractivity contribution in [3.05, 3.63) is 59.4 Å². The van der Waals surface area contributed by atoms with Gasteiger partial charge in [0.25, 0.3) is 11.8 Å². The van der Waals surface area contributed by atoms with Crippen LogP contribution in [0.2, 0.25) is 0 Å². The van der Waals surface area contributed by atoms with E-state index < -0.39 is 5.41 Å². The van der Waals surface area contributed by atoms with Gasteiger partial charge in [0.15, 0.2) is 18.1 Å². The van der Waals surface area contributed by atoms with Crippen molar-refractivity contribution in [3.8, 4) is 11.5 Å². The number of hydrogen-bond acceptors (Lipinski definition) is 5. The zero-order valence-electron chi connectivity index (χ0n) is 19.3. The summed E-state index contributed by atoms with van der Waals surface area (Å²) in [6, 6.07) is 11.3. The molecule has 178 valence electrons. The third kappa shape index (κ3) is 6.44. The van der Waals surface area contributed by atoms with Gasteiger partial charge in [0.2, 0.25) is 0 Å². The first-order valence-electron chi connectivity index (χ1n) is 11.1. The van der Waals surface area contributed by atoms with Gasteiger partial charge in [-0.2, -0.15) is 0 Å². The normalized spacial score (nSPS) is 15.1. The molecule has 1 aliphatic heterocycles. The Morgan fingerprint density at radius 3 is 2.55 bits per heavy atom. The molecule has 2 aromatic carbocycles. The lowest BCUT2D eigenvalue weighted by atomic mass is 9.74. The Kier molecular flexibility index (Phi) is 8.27. The lowest BCUT2D eigenvalue weighted by Gasteiger charge is -2.38. The van der Waals surface area contributed by atoms with Crippen LogP contribution in [0.4, 0.5) is 4.39 Å². The van der Waals surface area contributed by atoms with Gasteiger partial charge in [-0.3, -0.25) is 9.59 Å². The van der Waals surface area contributed by atoms with Crippen molar-refractivity contribution in [2.75, 3.05) is 33.5 Å². The van der Waals surface area contributed by atoms with E-state index in [2.05, 4.69) is 10.6 Å². The van der Waals surface area contributed by atoms with Gasteiger partial charge in [0.1, 0.15) is 5.82 Å². The van der Waals surface area contributed by atoms with Crippen LogP contribution in [0, 0.1) is 5.82 Å². The van der Waals surface area contributed by atoms with Crippen LogP contribution in [0.25, 0.3) is 0 Å². The average Bonchev–Trinajstić information content (AvgIpc) is 2.81. The Bertz CT molecular complexity index is 973. The minimum atomic E-state index is -0.396. The van der Waals surface area contributed by atoms with E-state index in [4.69, 9.17) is 14.2 Å². The Labute approximate surface area is 193 Å². The van der Waals surface area contributed by atoms with Crippen LogP contribution in [0.15, 0.2) is 42.5 Å². The molecule has 8 heteroatoms. The zero-order valence-corrected chi connectivity index (χ0v) is 19.3. The van der Waals surface area contributed by atoms with E-state index in [-0.39, 0.29) is 30.3 Å². The summed E-state index contributed by atoms with van der Waals surface area (Å²) in [5, 5.41) is 5.74. The highest BCUT2D eigenvalue weighted by atomic mass is 19.1. The first-order chi connectivity index (χ1) is 15.8. The number of carbonyl (C=O) groups is 2. The first kappa shape index (κ1) is 24.5. The molecule has 0 bridgehead atoms. The van der Waals surface area contributed by atoms with Gasteiger partial charge in [-0.15, -0.1) is 0 Å². The topological polar surface area (TPSA) is 85.9 Å². The van der Waals surface area contributed by atoms with E-state index >= 15 is 0 Å². The Balaban J connectivity index is 1.69. The van der Waals surface area contributed by atoms with Crippen LogP contribution in [0.3, 0.4) is 0 Å². The molecule has 0 atom stereocenters. The fourth-order valence-corrected chi connectivity index (χ4v) is 3.93. The Morgan fingerprint density at radius 2 is 1.88 bits per heavy atom. The molecule has 1 fully saturated rings. The molecular formula is C25H31FN2O5. The number of hydrogen-bond donors (Lipinski definition) is 2. The van der Waals surface area contributed by atoms with Crippen molar-refractivity contribution < 1.29 is 28.2 Å². The summed E-state index contributed by atoms with van der Waals surface area (Å²) >= 11 is 0. The molecule has 0 unspecified atom stereocenters. The number of carbonyl (C=O) groups excluding carboxylic acids is 2. The average molecular weight is 459 g/mol. The summed E-state index contributed by atoms with van der Waals surface area (Å²) in [4.78, 5) is 24.7. The summed E-state index contributed by atoms with van der Waals surface area (Å²) in [6.45, 7) is 5.04. The van der Waals surface area contributed by atoms with Gasteiger partial charge >= 0.3 is 0 Å². The molecule has 0 saturated carbocycles. The van der Waals surface area contributed by atoms with Crippen LogP contribution < -0.4 is 20.1 Å². The first-order valence-corrected chi connectivity index (χ1v) is 11.1. The van der Waals surface area contributed by atoms with Crippen molar-refractivity contribution in [2.24, 2.45) is 0 Å². The molecule has 0 radical (unpaired) electrons. The maximum Gasteiger partial charge on any atom is 0.258 e. The van der Waals surface area contributed by atoms with Gasteiger partial charge in [-0.05, 0) is 62.6 Å². The van der Waals surface area contributed by atoms with E-state index in [1.807, 2.05) is 19.9 Å². The number of methoxy groups -OCH3 is 1. The number of rotatable bonds is 9. The maximum absolute atomic E-state index is 13.9. The maximum atomic E-state index is 13.9. The highest BCUT2D eigenvalue weighted by Gasteiger charge is 2.35. The molecule has 2 aromatic rings. The second kappa shape index (κ2) is 11.1. The number of ether oxygens (including phenoxy) is 3. The molecule has 33 heavy (non-hydrogen) atoms. The monoisotopic (exact) mass is 458 g/mol. The fraction of sp³-hybridized carbons (Fsp3) is 0.440. The molecule has 0 aromatic heterocycles. The predicted molar refractivity (Wildman–Crippen MR) is 122 cm³/mol. The molecule has 7 nitrogen and oxygen atoms in total. The highest BCUT2D eigenvalue weighted by Crippen LogP contribution is 2.35. The van der Waals surface area contributed by atoms with Crippen molar-refractivity contribution in [2.45, 2.75) is 38.1 Å². The second-order valence-electron chi connectivity index (χ2n) is 8.46. The third-order valence-corrected chi connectivity index (χ3v) is 5.71. The molecule has 2 amide bonds. The molecule has 1 saturated heterocycles. The van der Waals surface area contributed by atoms with Gasteiger partial charge < -0.3 is 24.8 Å². The highest BCUT2D eigenvalue weighted by molar-refractivity contribution is 5.95. The van der Waals surface area contributed by atoms with E-state index in [0.29, 0.717) is 49.7 Å². The molecule has 0 spiro atoms. The number of benzene rings is 2. The molecule has 1 aliphatic rings. The summed E-state index contributed by atoms with van der Waals surface area (Å²) in [7, 11) is 1.47. The fourth-order valence-electron chi connectivity index (χ4n) is 3.93. The summed E-state index contributed by atoms with van der Waals surface area (Å²) in [6.07, 6.45) is 1.37. The van der Waals surface area contributed by atoms with Crippen LogP contribution in [0.5, 0.6) is 11.5 Å². The minimum Gasteiger partial charge on any atom is -0.493 e. The van der Waals surface area contributed by atoms with E-state index in [0.717, 1.165) is 5.56 Å². The largest absolute Gasteiger partial charge is 0.493 e.